The summed E-state index contributed by atoms with van der Waals surface area (Å²) in [5.41, 5.74) is 0. The molecule has 8 heteroatoms. The number of carbonyl (C=O) groups is 2. The average molecular weight is 308 g/mol. The number of carbonyl (C=O) groups excluding carboxylic acids is 2. The van der Waals surface area contributed by atoms with E-state index >= 15 is 0 Å². The van der Waals surface area contributed by atoms with Crippen LogP contribution in [0.5, 0.6) is 0 Å². The Morgan fingerprint density at radius 3 is 2.27 bits per heavy atom. The van der Waals surface area contributed by atoms with Crippen molar-refractivity contribution < 1.29 is 9.59 Å². The predicted octanol–water partition coefficient (Wildman–Crippen LogP) is -0.709. The summed E-state index contributed by atoms with van der Waals surface area (Å²) < 4.78 is 1.73. The SMILES string of the molecule is CN(C)CC(=O)N1CCN(C(=O)CCCn2cncn2)CC1. The van der Waals surface area contributed by atoms with Crippen LogP contribution < -0.4 is 0 Å². The molecule has 2 amide bonds. The molecular weight excluding hydrogens is 284 g/mol. The van der Waals surface area contributed by atoms with Gasteiger partial charge in [-0.05, 0) is 20.5 Å². The Morgan fingerprint density at radius 2 is 1.73 bits per heavy atom. The van der Waals surface area contributed by atoms with E-state index in [0.29, 0.717) is 45.7 Å². The molecule has 1 saturated heterocycles. The Balaban J connectivity index is 1.67. The van der Waals surface area contributed by atoms with Crippen LogP contribution in [0.25, 0.3) is 0 Å². The number of piperazine rings is 1. The molecule has 0 N–H and O–H groups in total. The van der Waals surface area contributed by atoms with Crippen molar-refractivity contribution in [2.75, 3.05) is 46.8 Å². The van der Waals surface area contributed by atoms with Gasteiger partial charge in [0.2, 0.25) is 11.8 Å². The van der Waals surface area contributed by atoms with Gasteiger partial charge in [0.15, 0.2) is 0 Å². The van der Waals surface area contributed by atoms with E-state index in [1.807, 2.05) is 28.8 Å². The Bertz CT molecular complexity index is 480. The first-order valence-electron chi connectivity index (χ1n) is 7.59. The molecule has 0 unspecified atom stereocenters. The van der Waals surface area contributed by atoms with E-state index in [9.17, 15) is 9.59 Å². The highest BCUT2D eigenvalue weighted by atomic mass is 16.2. The molecule has 2 heterocycles. The Hall–Kier alpha value is -1.96. The van der Waals surface area contributed by atoms with Gasteiger partial charge >= 0.3 is 0 Å². The third-order valence-electron chi connectivity index (χ3n) is 3.68. The first-order valence-corrected chi connectivity index (χ1v) is 7.59. The van der Waals surface area contributed by atoms with Crippen LogP contribution in [-0.4, -0.2) is 88.1 Å². The number of hydrogen-bond donors (Lipinski definition) is 0. The summed E-state index contributed by atoms with van der Waals surface area (Å²) in [6.45, 7) is 3.63. The minimum Gasteiger partial charge on any atom is -0.339 e. The van der Waals surface area contributed by atoms with Crippen molar-refractivity contribution in [2.24, 2.45) is 0 Å². The van der Waals surface area contributed by atoms with E-state index in [-0.39, 0.29) is 11.8 Å². The zero-order chi connectivity index (χ0) is 15.9. The van der Waals surface area contributed by atoms with Crippen LogP contribution in [-0.2, 0) is 16.1 Å². The molecule has 0 aliphatic carbocycles. The van der Waals surface area contributed by atoms with Gasteiger partial charge in [0.1, 0.15) is 12.7 Å². The Labute approximate surface area is 130 Å². The number of aryl methyl sites for hydroxylation is 1. The standard InChI is InChI=1S/C14H24N6O2/c1-17(2)10-14(22)19-8-6-18(7-9-19)13(21)4-3-5-20-12-15-11-16-20/h11-12H,3-10H2,1-2H3. The number of hydrogen-bond acceptors (Lipinski definition) is 5. The zero-order valence-corrected chi connectivity index (χ0v) is 13.3. The molecule has 8 nitrogen and oxygen atoms in total. The van der Waals surface area contributed by atoms with Crippen LogP contribution in [0.2, 0.25) is 0 Å². The molecule has 2 rings (SSSR count). The van der Waals surface area contributed by atoms with Crippen LogP contribution in [0.15, 0.2) is 12.7 Å². The van der Waals surface area contributed by atoms with Gasteiger partial charge in [-0.2, -0.15) is 5.10 Å². The van der Waals surface area contributed by atoms with Crippen LogP contribution in [0.1, 0.15) is 12.8 Å². The van der Waals surface area contributed by atoms with E-state index < -0.39 is 0 Å². The first kappa shape index (κ1) is 16.4. The van der Waals surface area contributed by atoms with Gasteiger partial charge in [0.05, 0.1) is 6.54 Å². The van der Waals surface area contributed by atoms with Crippen LogP contribution >= 0.6 is 0 Å². The lowest BCUT2D eigenvalue weighted by molar-refractivity contribution is -0.140. The summed E-state index contributed by atoms with van der Waals surface area (Å²) in [5, 5.41) is 4.01. The second kappa shape index (κ2) is 7.88. The molecule has 22 heavy (non-hydrogen) atoms. The number of aromatic nitrogens is 3. The topological polar surface area (TPSA) is 74.6 Å². The zero-order valence-electron chi connectivity index (χ0n) is 13.3. The van der Waals surface area contributed by atoms with Gasteiger partial charge in [-0.25, -0.2) is 4.98 Å². The average Bonchev–Trinajstić information content (AvgIpc) is 3.00. The normalized spacial score (nSPS) is 15.4. The highest BCUT2D eigenvalue weighted by Gasteiger charge is 2.23. The van der Waals surface area contributed by atoms with E-state index in [1.165, 1.54) is 6.33 Å². The van der Waals surface area contributed by atoms with Crippen molar-refractivity contribution in [3.05, 3.63) is 12.7 Å². The molecule has 1 aliphatic heterocycles. The Kier molecular flexibility index (Phi) is 5.88. The number of nitrogens with zero attached hydrogens (tertiary/aromatic N) is 6. The minimum absolute atomic E-state index is 0.128. The predicted molar refractivity (Wildman–Crippen MR) is 81.0 cm³/mol. The summed E-state index contributed by atoms with van der Waals surface area (Å²) in [4.78, 5) is 33.5. The first-order chi connectivity index (χ1) is 10.6. The fraction of sp³-hybridized carbons (Fsp3) is 0.714. The molecule has 1 aromatic rings. The van der Waals surface area contributed by atoms with Gasteiger partial charge in [0.25, 0.3) is 0 Å². The molecule has 0 radical (unpaired) electrons. The number of amides is 2. The number of rotatable bonds is 6. The highest BCUT2D eigenvalue weighted by molar-refractivity contribution is 5.79. The molecule has 1 fully saturated rings. The summed E-state index contributed by atoms with van der Waals surface area (Å²) in [6.07, 6.45) is 4.40. The minimum atomic E-state index is 0.128. The molecule has 0 aromatic carbocycles. The lowest BCUT2D eigenvalue weighted by Crippen LogP contribution is -2.52. The maximum Gasteiger partial charge on any atom is 0.236 e. The summed E-state index contributed by atoms with van der Waals surface area (Å²) in [7, 11) is 3.76. The summed E-state index contributed by atoms with van der Waals surface area (Å²) in [6, 6.07) is 0. The maximum atomic E-state index is 12.1. The number of likely N-dealkylation sites (N-methyl/N-ethyl adjacent to an activating group) is 1. The van der Waals surface area contributed by atoms with Crippen molar-refractivity contribution in [2.45, 2.75) is 19.4 Å². The molecule has 1 aromatic heterocycles. The molecule has 0 bridgehead atoms. The van der Waals surface area contributed by atoms with Crippen molar-refractivity contribution in [3.8, 4) is 0 Å². The van der Waals surface area contributed by atoms with Crippen LogP contribution in [0, 0.1) is 0 Å². The van der Waals surface area contributed by atoms with Crippen molar-refractivity contribution >= 4 is 11.8 Å². The fourth-order valence-corrected chi connectivity index (χ4v) is 2.47. The Morgan fingerprint density at radius 1 is 1.09 bits per heavy atom. The van der Waals surface area contributed by atoms with Gasteiger partial charge < -0.3 is 14.7 Å². The lowest BCUT2D eigenvalue weighted by atomic mass is 10.2. The van der Waals surface area contributed by atoms with E-state index in [2.05, 4.69) is 10.1 Å². The summed E-state index contributed by atoms with van der Waals surface area (Å²) >= 11 is 0. The quantitative estimate of drug-likeness (QED) is 0.694. The molecule has 1 aliphatic rings. The molecule has 0 spiro atoms. The smallest absolute Gasteiger partial charge is 0.236 e. The van der Waals surface area contributed by atoms with Gasteiger partial charge in [-0.1, -0.05) is 0 Å². The monoisotopic (exact) mass is 308 g/mol. The van der Waals surface area contributed by atoms with Crippen LogP contribution in [0.3, 0.4) is 0 Å². The largest absolute Gasteiger partial charge is 0.339 e. The second-order valence-corrected chi connectivity index (χ2v) is 5.76. The van der Waals surface area contributed by atoms with E-state index in [4.69, 9.17) is 0 Å². The fourth-order valence-electron chi connectivity index (χ4n) is 2.47. The molecule has 122 valence electrons. The van der Waals surface area contributed by atoms with Crippen LogP contribution in [0.4, 0.5) is 0 Å². The van der Waals surface area contributed by atoms with Crippen molar-refractivity contribution in [1.82, 2.24) is 29.5 Å². The van der Waals surface area contributed by atoms with Crippen molar-refractivity contribution in [1.29, 1.82) is 0 Å². The van der Waals surface area contributed by atoms with Gasteiger partial charge in [-0.3, -0.25) is 14.3 Å². The third-order valence-corrected chi connectivity index (χ3v) is 3.68. The molecule has 0 atom stereocenters. The molecule has 0 saturated carbocycles. The van der Waals surface area contributed by atoms with Gasteiger partial charge in [0, 0.05) is 39.1 Å². The van der Waals surface area contributed by atoms with E-state index in [0.717, 1.165) is 6.42 Å². The second-order valence-electron chi connectivity index (χ2n) is 5.76. The van der Waals surface area contributed by atoms with Crippen molar-refractivity contribution in [3.63, 3.8) is 0 Å². The van der Waals surface area contributed by atoms with Gasteiger partial charge in [-0.15, -0.1) is 0 Å². The molecular formula is C14H24N6O2. The maximum absolute atomic E-state index is 12.1. The summed E-state index contributed by atoms with van der Waals surface area (Å²) in [5.74, 6) is 0.281. The highest BCUT2D eigenvalue weighted by Crippen LogP contribution is 2.06. The van der Waals surface area contributed by atoms with E-state index in [1.54, 1.807) is 11.0 Å². The third kappa shape index (κ3) is 4.80. The lowest BCUT2D eigenvalue weighted by Gasteiger charge is -2.35.